The number of carbonyl (C=O) groups is 1. The van der Waals surface area contributed by atoms with Gasteiger partial charge in [-0.15, -0.1) is 0 Å². The Balaban J connectivity index is 1.95. The first kappa shape index (κ1) is 18.9. The lowest BCUT2D eigenvalue weighted by Gasteiger charge is -2.27. The molecule has 2 atom stereocenters. The predicted molar refractivity (Wildman–Crippen MR) is 108 cm³/mol. The third-order valence-electron chi connectivity index (χ3n) is 4.85. The minimum absolute atomic E-state index is 0.00792. The Kier molecular flexibility index (Phi) is 6.44. The maximum atomic E-state index is 11.8. The predicted octanol–water partition coefficient (Wildman–Crippen LogP) is 4.45. The highest BCUT2D eigenvalue weighted by Crippen LogP contribution is 2.34. The second-order valence-corrected chi connectivity index (χ2v) is 6.51. The number of benzene rings is 3. The van der Waals surface area contributed by atoms with Crippen LogP contribution >= 0.6 is 0 Å². The Morgan fingerprint density at radius 2 is 1.63 bits per heavy atom. The van der Waals surface area contributed by atoms with Crippen molar-refractivity contribution in [2.45, 2.75) is 18.8 Å². The molecule has 4 nitrogen and oxygen atoms in total. The molecule has 27 heavy (non-hydrogen) atoms. The van der Waals surface area contributed by atoms with Gasteiger partial charge in [0.1, 0.15) is 0 Å². The number of aliphatic hydroxyl groups excluding tert-OH is 1. The quantitative estimate of drug-likeness (QED) is 0.652. The van der Waals surface area contributed by atoms with Crippen molar-refractivity contribution in [2.24, 2.45) is 0 Å². The van der Waals surface area contributed by atoms with Crippen LogP contribution in [0.2, 0.25) is 0 Å². The highest BCUT2D eigenvalue weighted by atomic mass is 16.5. The van der Waals surface area contributed by atoms with E-state index in [-0.39, 0.29) is 18.4 Å². The number of amides is 1. The summed E-state index contributed by atoms with van der Waals surface area (Å²) < 4.78 is 5.00. The van der Waals surface area contributed by atoms with Crippen LogP contribution in [0.4, 0.5) is 4.79 Å². The van der Waals surface area contributed by atoms with E-state index in [9.17, 15) is 9.90 Å². The number of alkyl carbamates (subject to hydrolysis) is 1. The maximum absolute atomic E-state index is 11.8. The molecule has 0 fully saturated rings. The van der Waals surface area contributed by atoms with Crippen molar-refractivity contribution >= 4 is 16.9 Å². The SMILES string of the molecule is CCOC(=O)NCC(c1ccc2ccccc2c1)[C@H](CO)c1ccccc1. The molecule has 4 heteroatoms. The summed E-state index contributed by atoms with van der Waals surface area (Å²) in [6.07, 6.45) is -0.437. The fourth-order valence-electron chi connectivity index (χ4n) is 3.47. The van der Waals surface area contributed by atoms with Gasteiger partial charge in [-0.1, -0.05) is 72.8 Å². The molecule has 3 aromatic carbocycles. The number of fused-ring (bicyclic) bond motifs is 1. The summed E-state index contributed by atoms with van der Waals surface area (Å²) >= 11 is 0. The number of hydrogen-bond acceptors (Lipinski definition) is 3. The van der Waals surface area contributed by atoms with Gasteiger partial charge >= 0.3 is 6.09 Å². The molecule has 0 saturated heterocycles. The van der Waals surface area contributed by atoms with Gasteiger partial charge in [-0.2, -0.15) is 0 Å². The van der Waals surface area contributed by atoms with E-state index in [1.165, 1.54) is 5.39 Å². The van der Waals surface area contributed by atoms with Gasteiger partial charge in [-0.3, -0.25) is 0 Å². The Labute approximate surface area is 159 Å². The van der Waals surface area contributed by atoms with Gasteiger partial charge in [0, 0.05) is 18.4 Å². The van der Waals surface area contributed by atoms with Crippen LogP contribution < -0.4 is 5.32 Å². The number of hydrogen-bond donors (Lipinski definition) is 2. The third-order valence-corrected chi connectivity index (χ3v) is 4.85. The Morgan fingerprint density at radius 3 is 2.33 bits per heavy atom. The minimum Gasteiger partial charge on any atom is -0.450 e. The smallest absolute Gasteiger partial charge is 0.407 e. The van der Waals surface area contributed by atoms with Crippen LogP contribution in [-0.4, -0.2) is 31.0 Å². The molecule has 0 heterocycles. The average Bonchev–Trinajstić information content (AvgIpc) is 2.71. The molecular formula is C23H25NO3. The van der Waals surface area contributed by atoms with Gasteiger partial charge in [-0.05, 0) is 28.8 Å². The van der Waals surface area contributed by atoms with Crippen LogP contribution in [0.5, 0.6) is 0 Å². The lowest BCUT2D eigenvalue weighted by Crippen LogP contribution is -2.32. The van der Waals surface area contributed by atoms with Crippen molar-refractivity contribution in [3.05, 3.63) is 83.9 Å². The zero-order chi connectivity index (χ0) is 19.1. The summed E-state index contributed by atoms with van der Waals surface area (Å²) in [4.78, 5) is 11.8. The molecule has 0 aliphatic carbocycles. The minimum atomic E-state index is -0.437. The molecular weight excluding hydrogens is 338 g/mol. The zero-order valence-electron chi connectivity index (χ0n) is 15.5. The topological polar surface area (TPSA) is 58.6 Å². The molecule has 3 aromatic rings. The van der Waals surface area contributed by atoms with E-state index in [0.717, 1.165) is 16.5 Å². The number of aliphatic hydroxyl groups is 1. The van der Waals surface area contributed by atoms with Crippen LogP contribution in [-0.2, 0) is 4.74 Å². The van der Waals surface area contributed by atoms with Crippen LogP contribution in [0.3, 0.4) is 0 Å². The van der Waals surface area contributed by atoms with Gasteiger partial charge in [-0.25, -0.2) is 4.79 Å². The molecule has 140 valence electrons. The Morgan fingerprint density at radius 1 is 0.926 bits per heavy atom. The van der Waals surface area contributed by atoms with Gasteiger partial charge in [0.05, 0.1) is 13.2 Å². The van der Waals surface area contributed by atoms with Gasteiger partial charge < -0.3 is 15.2 Å². The molecule has 1 unspecified atom stereocenters. The monoisotopic (exact) mass is 363 g/mol. The van der Waals surface area contributed by atoms with Crippen molar-refractivity contribution in [1.82, 2.24) is 5.32 Å². The van der Waals surface area contributed by atoms with E-state index < -0.39 is 6.09 Å². The van der Waals surface area contributed by atoms with Crippen LogP contribution in [0.1, 0.15) is 29.9 Å². The highest BCUT2D eigenvalue weighted by molar-refractivity contribution is 5.83. The molecule has 0 aliphatic rings. The van der Waals surface area contributed by atoms with Crippen LogP contribution in [0.15, 0.2) is 72.8 Å². The first-order valence-electron chi connectivity index (χ1n) is 9.28. The summed E-state index contributed by atoms with van der Waals surface area (Å²) in [5, 5.41) is 15.3. The van der Waals surface area contributed by atoms with Crippen molar-refractivity contribution in [3.63, 3.8) is 0 Å². The van der Waals surface area contributed by atoms with E-state index >= 15 is 0 Å². The molecule has 0 aliphatic heterocycles. The molecule has 3 rings (SSSR count). The summed E-state index contributed by atoms with van der Waals surface area (Å²) in [6.45, 7) is 2.48. The average molecular weight is 363 g/mol. The normalized spacial score (nSPS) is 13.1. The fourth-order valence-corrected chi connectivity index (χ4v) is 3.47. The van der Waals surface area contributed by atoms with Crippen molar-refractivity contribution in [1.29, 1.82) is 0 Å². The second kappa shape index (κ2) is 9.19. The number of carbonyl (C=O) groups excluding carboxylic acids is 1. The molecule has 0 spiro atoms. The highest BCUT2D eigenvalue weighted by Gasteiger charge is 2.25. The van der Waals surface area contributed by atoms with E-state index in [1.54, 1.807) is 6.92 Å². The molecule has 0 aromatic heterocycles. The second-order valence-electron chi connectivity index (χ2n) is 6.51. The number of ether oxygens (including phenoxy) is 1. The fraction of sp³-hybridized carbons (Fsp3) is 0.261. The number of nitrogens with one attached hydrogen (secondary N) is 1. The van der Waals surface area contributed by atoms with E-state index in [4.69, 9.17) is 4.74 Å². The molecule has 0 saturated carbocycles. The third kappa shape index (κ3) is 4.66. The van der Waals surface area contributed by atoms with Gasteiger partial charge in [0.15, 0.2) is 0 Å². The zero-order valence-corrected chi connectivity index (χ0v) is 15.5. The van der Waals surface area contributed by atoms with Crippen molar-refractivity contribution < 1.29 is 14.6 Å². The van der Waals surface area contributed by atoms with Crippen LogP contribution in [0, 0.1) is 0 Å². The van der Waals surface area contributed by atoms with Gasteiger partial charge in [0.2, 0.25) is 0 Å². The first-order chi connectivity index (χ1) is 13.2. The standard InChI is InChI=1S/C23H25NO3/c1-2-27-23(26)24-15-21(22(16-25)18-9-4-3-5-10-18)20-13-12-17-8-6-7-11-19(17)14-20/h3-14,21-22,25H,2,15-16H2,1H3,(H,24,26)/t21?,22-/m1/s1. The lowest BCUT2D eigenvalue weighted by atomic mass is 9.81. The molecule has 2 N–H and O–H groups in total. The van der Waals surface area contributed by atoms with Crippen molar-refractivity contribution in [3.8, 4) is 0 Å². The summed E-state index contributed by atoms with van der Waals surface area (Å²) in [5.41, 5.74) is 2.12. The van der Waals surface area contributed by atoms with E-state index in [1.807, 2.05) is 42.5 Å². The maximum Gasteiger partial charge on any atom is 0.407 e. The molecule has 0 radical (unpaired) electrons. The molecule has 0 bridgehead atoms. The van der Waals surface area contributed by atoms with Gasteiger partial charge in [0.25, 0.3) is 0 Å². The summed E-state index contributed by atoms with van der Waals surface area (Å²) in [7, 11) is 0. The van der Waals surface area contributed by atoms with E-state index in [2.05, 4.69) is 35.6 Å². The number of rotatable bonds is 7. The summed E-state index contributed by atoms with van der Waals surface area (Å²) in [6, 6.07) is 24.4. The largest absolute Gasteiger partial charge is 0.450 e. The first-order valence-corrected chi connectivity index (χ1v) is 9.28. The van der Waals surface area contributed by atoms with Crippen molar-refractivity contribution in [2.75, 3.05) is 19.8 Å². The molecule has 1 amide bonds. The van der Waals surface area contributed by atoms with Crippen LogP contribution in [0.25, 0.3) is 10.8 Å². The Bertz CT molecular complexity index is 879. The Hall–Kier alpha value is -2.85. The summed E-state index contributed by atoms with van der Waals surface area (Å²) in [5.74, 6) is -0.208. The van der Waals surface area contributed by atoms with E-state index in [0.29, 0.717) is 13.2 Å². The lowest BCUT2D eigenvalue weighted by molar-refractivity contribution is 0.150.